The van der Waals surface area contributed by atoms with Gasteiger partial charge in [0.15, 0.2) is 11.5 Å². The molecule has 0 spiro atoms. The van der Waals surface area contributed by atoms with Crippen LogP contribution in [-0.4, -0.2) is 35.7 Å². The van der Waals surface area contributed by atoms with E-state index >= 15 is 0 Å². The maximum atomic E-state index is 12.6. The van der Waals surface area contributed by atoms with E-state index in [4.69, 9.17) is 0 Å². The lowest BCUT2D eigenvalue weighted by molar-refractivity contribution is -0.140. The summed E-state index contributed by atoms with van der Waals surface area (Å²) in [4.78, 5) is 30.5. The van der Waals surface area contributed by atoms with Gasteiger partial charge in [0.1, 0.15) is 0 Å². The minimum absolute atomic E-state index is 0.0327. The van der Waals surface area contributed by atoms with E-state index < -0.39 is 5.97 Å². The molecule has 6 heteroatoms. The summed E-state index contributed by atoms with van der Waals surface area (Å²) in [5, 5.41) is 3.75. The average Bonchev–Trinajstić information content (AvgIpc) is 2.59. The van der Waals surface area contributed by atoms with Crippen molar-refractivity contribution in [1.29, 1.82) is 0 Å². The van der Waals surface area contributed by atoms with Crippen LogP contribution < -0.4 is 0 Å². The van der Waals surface area contributed by atoms with Crippen LogP contribution in [0.3, 0.4) is 0 Å². The van der Waals surface area contributed by atoms with E-state index in [2.05, 4.69) is 9.99 Å². The minimum Gasteiger partial charge on any atom is -0.318 e. The van der Waals surface area contributed by atoms with Crippen LogP contribution in [-0.2, 0) is 20.5 Å². The Labute approximate surface area is 155 Å². The lowest BCUT2D eigenvalue weighted by Gasteiger charge is -2.05. The van der Waals surface area contributed by atoms with Gasteiger partial charge in [-0.2, -0.15) is 0 Å². The maximum absolute atomic E-state index is 12.6. The Morgan fingerprint density at radius 1 is 1.00 bits per heavy atom. The predicted octanol–water partition coefficient (Wildman–Crippen LogP) is 3.82. The van der Waals surface area contributed by atoms with Crippen LogP contribution in [0.2, 0.25) is 0 Å². The zero-order valence-corrected chi connectivity index (χ0v) is 16.0. The molecular formula is C19H20NO3S2+. The van der Waals surface area contributed by atoms with Crippen LogP contribution in [0.15, 0.2) is 69.5 Å². The highest BCUT2D eigenvalue weighted by Crippen LogP contribution is 2.27. The van der Waals surface area contributed by atoms with Gasteiger partial charge >= 0.3 is 5.97 Å². The monoisotopic (exact) mass is 374 g/mol. The van der Waals surface area contributed by atoms with Gasteiger partial charge in [-0.3, -0.25) is 4.79 Å². The molecule has 0 aliphatic carbocycles. The zero-order chi connectivity index (χ0) is 18.2. The third-order valence-corrected chi connectivity index (χ3v) is 4.93. The highest BCUT2D eigenvalue weighted by Gasteiger charge is 2.21. The number of Topliss-reactive ketones (excluding diaryl/α,β-unsaturated/α-hetero) is 1. The van der Waals surface area contributed by atoms with Crippen molar-refractivity contribution in [2.45, 2.75) is 16.7 Å². The molecule has 130 valence electrons. The molecule has 4 nitrogen and oxygen atoms in total. The Bertz CT molecular complexity index is 756. The fourth-order valence-corrected chi connectivity index (χ4v) is 3.56. The normalized spacial score (nSPS) is 11.4. The quantitative estimate of drug-likeness (QED) is 0.243. The molecule has 0 aliphatic heterocycles. The lowest BCUT2D eigenvalue weighted by atomic mass is 10.1. The molecule has 25 heavy (non-hydrogen) atoms. The number of benzene rings is 2. The van der Waals surface area contributed by atoms with E-state index in [1.54, 1.807) is 23.9 Å². The maximum Gasteiger partial charge on any atom is 0.331 e. The lowest BCUT2D eigenvalue weighted by Crippen LogP contribution is -2.24. The fourth-order valence-electron chi connectivity index (χ4n) is 1.99. The van der Waals surface area contributed by atoms with Crippen LogP contribution in [0.1, 0.15) is 17.3 Å². The summed E-state index contributed by atoms with van der Waals surface area (Å²) in [6.07, 6.45) is 4.02. The SMILES string of the molecule is CC(=O)ON=C(C[S+](C)C)C(=O)c1ccc(Sc2ccccc2)cc1. The first-order chi connectivity index (χ1) is 12.0. The molecule has 0 saturated heterocycles. The first kappa shape index (κ1) is 19.3. The largest absolute Gasteiger partial charge is 0.331 e. The van der Waals surface area contributed by atoms with Crippen molar-refractivity contribution in [1.82, 2.24) is 0 Å². The second kappa shape index (κ2) is 9.44. The molecular weight excluding hydrogens is 354 g/mol. The van der Waals surface area contributed by atoms with Gasteiger partial charge in [0.25, 0.3) is 0 Å². The summed E-state index contributed by atoms with van der Waals surface area (Å²) in [6, 6.07) is 17.4. The highest BCUT2D eigenvalue weighted by atomic mass is 32.2. The topological polar surface area (TPSA) is 55.7 Å². The fraction of sp³-hybridized carbons (Fsp3) is 0.211. The molecule has 0 bridgehead atoms. The number of rotatable bonds is 7. The van der Waals surface area contributed by atoms with Crippen molar-refractivity contribution < 1.29 is 14.4 Å². The Hall–Kier alpha value is -2.05. The third kappa shape index (κ3) is 6.40. The molecule has 0 aromatic heterocycles. The summed E-state index contributed by atoms with van der Waals surface area (Å²) in [6.45, 7) is 1.26. The van der Waals surface area contributed by atoms with Crippen LogP contribution in [0.4, 0.5) is 0 Å². The van der Waals surface area contributed by atoms with Gasteiger partial charge in [0.05, 0.1) is 12.5 Å². The summed E-state index contributed by atoms with van der Waals surface area (Å²) < 4.78 is 0. The predicted molar refractivity (Wildman–Crippen MR) is 105 cm³/mol. The number of nitrogens with zero attached hydrogens (tertiary/aromatic N) is 1. The van der Waals surface area contributed by atoms with Crippen molar-refractivity contribution >= 4 is 40.1 Å². The highest BCUT2D eigenvalue weighted by molar-refractivity contribution is 7.99. The molecule has 0 amide bonds. The van der Waals surface area contributed by atoms with E-state index in [1.165, 1.54) is 6.92 Å². The number of oxime groups is 1. The van der Waals surface area contributed by atoms with Gasteiger partial charge in [-0.1, -0.05) is 35.1 Å². The van der Waals surface area contributed by atoms with Gasteiger partial charge in [0.2, 0.25) is 5.78 Å². The summed E-state index contributed by atoms with van der Waals surface area (Å²) in [5.41, 5.74) is 0.806. The van der Waals surface area contributed by atoms with Gasteiger partial charge in [-0.25, -0.2) is 4.79 Å². The van der Waals surface area contributed by atoms with Gasteiger partial charge in [-0.05, 0) is 47.3 Å². The number of hydrogen-bond donors (Lipinski definition) is 0. The molecule has 2 rings (SSSR count). The number of ketones is 1. The third-order valence-electron chi connectivity index (χ3n) is 3.07. The standard InChI is InChI=1S/C19H20NO3S2/c1-14(21)23-20-18(13-25(2)3)19(22)15-9-11-17(12-10-15)24-16-7-5-4-6-8-16/h4-12H,13H2,1-3H3/q+1. The summed E-state index contributed by atoms with van der Waals surface area (Å²) in [7, 11) is -0.0327. The van der Waals surface area contributed by atoms with Crippen LogP contribution in [0, 0.1) is 0 Å². The van der Waals surface area contributed by atoms with Crippen molar-refractivity contribution in [3.05, 3.63) is 60.2 Å². The van der Waals surface area contributed by atoms with E-state index in [9.17, 15) is 9.59 Å². The summed E-state index contributed by atoms with van der Waals surface area (Å²) >= 11 is 1.63. The molecule has 0 radical (unpaired) electrons. The molecule has 0 saturated carbocycles. The van der Waals surface area contributed by atoms with Crippen LogP contribution in [0.25, 0.3) is 0 Å². The van der Waals surface area contributed by atoms with Crippen molar-refractivity contribution in [2.24, 2.45) is 5.16 Å². The van der Waals surface area contributed by atoms with Gasteiger partial charge in [-0.15, -0.1) is 0 Å². The molecule has 0 unspecified atom stereocenters. The van der Waals surface area contributed by atoms with E-state index in [0.717, 1.165) is 9.79 Å². The Morgan fingerprint density at radius 2 is 1.60 bits per heavy atom. The molecule has 2 aromatic carbocycles. The Balaban J connectivity index is 2.14. The average molecular weight is 375 g/mol. The van der Waals surface area contributed by atoms with E-state index in [1.807, 2.05) is 55.0 Å². The van der Waals surface area contributed by atoms with Gasteiger partial charge < -0.3 is 4.84 Å². The van der Waals surface area contributed by atoms with Crippen molar-refractivity contribution in [3.63, 3.8) is 0 Å². The minimum atomic E-state index is -0.535. The van der Waals surface area contributed by atoms with Crippen molar-refractivity contribution in [3.8, 4) is 0 Å². The Kier molecular flexibility index (Phi) is 7.28. The number of carbonyl (C=O) groups is 2. The molecule has 0 fully saturated rings. The van der Waals surface area contributed by atoms with E-state index in [-0.39, 0.29) is 22.4 Å². The zero-order valence-electron chi connectivity index (χ0n) is 14.4. The molecule has 0 atom stereocenters. The molecule has 0 aliphatic rings. The Morgan fingerprint density at radius 3 is 2.16 bits per heavy atom. The van der Waals surface area contributed by atoms with E-state index in [0.29, 0.717) is 11.3 Å². The molecule has 0 heterocycles. The van der Waals surface area contributed by atoms with Gasteiger partial charge in [0, 0.05) is 22.3 Å². The number of carbonyl (C=O) groups excluding carboxylic acids is 2. The first-order valence-corrected chi connectivity index (χ1v) is 10.6. The molecule has 0 N–H and O–H groups in total. The molecule has 2 aromatic rings. The smallest absolute Gasteiger partial charge is 0.318 e. The van der Waals surface area contributed by atoms with Crippen LogP contribution >= 0.6 is 11.8 Å². The number of hydrogen-bond acceptors (Lipinski definition) is 5. The van der Waals surface area contributed by atoms with Crippen LogP contribution in [0.5, 0.6) is 0 Å². The van der Waals surface area contributed by atoms with Crippen molar-refractivity contribution in [2.75, 3.05) is 18.3 Å². The second-order valence-corrected chi connectivity index (χ2v) is 8.93. The summed E-state index contributed by atoms with van der Waals surface area (Å²) in [5.74, 6) is -0.266. The second-order valence-electron chi connectivity index (χ2n) is 5.52. The first-order valence-electron chi connectivity index (χ1n) is 7.62.